The molecule has 1 aromatic heterocycles. The number of benzene rings is 3. The zero-order valence-electron chi connectivity index (χ0n) is 17.8. The molecule has 172 valence electrons. The molecular formula is C23H19N5O6. The van der Waals surface area contributed by atoms with Crippen molar-refractivity contribution in [1.82, 2.24) is 20.8 Å². The molecule has 0 radical (unpaired) electrons. The second-order valence-electron chi connectivity index (χ2n) is 7.13. The Balaban J connectivity index is 1.19. The number of carbonyl (C=O) groups excluding carboxylic acids is 2. The van der Waals surface area contributed by atoms with Crippen molar-refractivity contribution in [2.75, 3.05) is 19.7 Å². The fourth-order valence-electron chi connectivity index (χ4n) is 3.08. The van der Waals surface area contributed by atoms with Crippen molar-refractivity contribution < 1.29 is 23.8 Å². The summed E-state index contributed by atoms with van der Waals surface area (Å²) in [6.45, 7) is 0.152. The Morgan fingerprint density at radius 1 is 0.971 bits per heavy atom. The van der Waals surface area contributed by atoms with Gasteiger partial charge in [-0.05, 0) is 35.0 Å². The molecule has 11 nitrogen and oxygen atoms in total. The number of hydrogen-bond donors (Lipinski definition) is 2. The molecule has 11 heteroatoms. The van der Waals surface area contributed by atoms with E-state index < -0.39 is 10.8 Å². The summed E-state index contributed by atoms with van der Waals surface area (Å²) in [6, 6.07) is 18.9. The predicted octanol–water partition coefficient (Wildman–Crippen LogP) is 2.72. The van der Waals surface area contributed by atoms with Gasteiger partial charge in [-0.3, -0.25) is 19.7 Å². The Bertz CT molecular complexity index is 1340. The molecule has 0 saturated carbocycles. The SMILES string of the molecule is O=C(COc1ccc2ccccc2c1)NCCNC(=O)c1nc(-c2ccc([N+](=O)[O-])cc2)no1. The lowest BCUT2D eigenvalue weighted by Gasteiger charge is -2.08. The van der Waals surface area contributed by atoms with Crippen LogP contribution < -0.4 is 15.4 Å². The van der Waals surface area contributed by atoms with Gasteiger partial charge in [-0.1, -0.05) is 35.5 Å². The molecule has 0 fully saturated rings. The first-order chi connectivity index (χ1) is 16.5. The normalized spacial score (nSPS) is 10.6. The van der Waals surface area contributed by atoms with Gasteiger partial charge in [-0.15, -0.1) is 0 Å². The van der Waals surface area contributed by atoms with Gasteiger partial charge in [0, 0.05) is 30.8 Å². The fraction of sp³-hybridized carbons (Fsp3) is 0.130. The molecular weight excluding hydrogens is 442 g/mol. The molecule has 0 aliphatic heterocycles. The highest BCUT2D eigenvalue weighted by Gasteiger charge is 2.16. The molecule has 0 saturated heterocycles. The van der Waals surface area contributed by atoms with Crippen LogP contribution in [0, 0.1) is 10.1 Å². The van der Waals surface area contributed by atoms with E-state index in [2.05, 4.69) is 20.8 Å². The number of amides is 2. The molecule has 3 aromatic carbocycles. The Morgan fingerprint density at radius 2 is 1.71 bits per heavy atom. The zero-order chi connectivity index (χ0) is 23.9. The van der Waals surface area contributed by atoms with Gasteiger partial charge in [0.1, 0.15) is 5.75 Å². The van der Waals surface area contributed by atoms with Crippen LogP contribution in [-0.4, -0.2) is 46.6 Å². The lowest BCUT2D eigenvalue weighted by Crippen LogP contribution is -2.36. The van der Waals surface area contributed by atoms with E-state index in [0.29, 0.717) is 11.3 Å². The molecule has 0 spiro atoms. The summed E-state index contributed by atoms with van der Waals surface area (Å²) in [7, 11) is 0. The van der Waals surface area contributed by atoms with E-state index in [1.807, 2.05) is 36.4 Å². The average molecular weight is 461 g/mol. The second kappa shape index (κ2) is 10.2. The van der Waals surface area contributed by atoms with Gasteiger partial charge in [0.2, 0.25) is 5.82 Å². The van der Waals surface area contributed by atoms with Crippen LogP contribution in [-0.2, 0) is 4.79 Å². The standard InChI is InChI=1S/C23H19N5O6/c29-20(14-33-19-10-7-15-3-1-2-4-17(15)13-19)24-11-12-25-22(30)23-26-21(27-34-23)16-5-8-18(9-6-16)28(31)32/h1-10,13H,11-12,14H2,(H,24,29)(H,25,30). The number of fused-ring (bicyclic) bond motifs is 1. The first kappa shape index (κ1) is 22.4. The lowest BCUT2D eigenvalue weighted by atomic mass is 10.1. The van der Waals surface area contributed by atoms with Gasteiger partial charge >= 0.3 is 11.8 Å². The largest absolute Gasteiger partial charge is 0.484 e. The van der Waals surface area contributed by atoms with Crippen LogP contribution in [0.25, 0.3) is 22.2 Å². The summed E-state index contributed by atoms with van der Waals surface area (Å²) >= 11 is 0. The number of aromatic nitrogens is 2. The summed E-state index contributed by atoms with van der Waals surface area (Å²) in [5.74, 6) is -0.496. The van der Waals surface area contributed by atoms with Gasteiger partial charge in [0.05, 0.1) is 4.92 Å². The lowest BCUT2D eigenvalue weighted by molar-refractivity contribution is -0.384. The number of rotatable bonds is 9. The molecule has 2 amide bonds. The molecule has 2 N–H and O–H groups in total. The number of nitrogens with zero attached hydrogens (tertiary/aromatic N) is 3. The summed E-state index contributed by atoms with van der Waals surface area (Å²) in [6.07, 6.45) is 0. The van der Waals surface area contributed by atoms with Crippen LogP contribution in [0.1, 0.15) is 10.7 Å². The van der Waals surface area contributed by atoms with Gasteiger partial charge in [0.25, 0.3) is 11.6 Å². The Kier molecular flexibility index (Phi) is 6.73. The Hall–Kier alpha value is -4.80. The number of non-ortho nitro benzene ring substituents is 1. The highest BCUT2D eigenvalue weighted by molar-refractivity contribution is 5.90. The molecule has 0 atom stereocenters. The zero-order valence-corrected chi connectivity index (χ0v) is 17.8. The number of carbonyl (C=O) groups is 2. The van der Waals surface area contributed by atoms with Gasteiger partial charge in [-0.2, -0.15) is 4.98 Å². The van der Waals surface area contributed by atoms with Gasteiger partial charge in [0.15, 0.2) is 6.61 Å². The minimum absolute atomic E-state index is 0.0741. The van der Waals surface area contributed by atoms with Crippen LogP contribution in [0.5, 0.6) is 5.75 Å². The van der Waals surface area contributed by atoms with Crippen molar-refractivity contribution in [3.63, 3.8) is 0 Å². The van der Waals surface area contributed by atoms with Crippen LogP contribution in [0.3, 0.4) is 0 Å². The van der Waals surface area contributed by atoms with Gasteiger partial charge < -0.3 is 19.9 Å². The van der Waals surface area contributed by atoms with E-state index in [0.717, 1.165) is 10.8 Å². The predicted molar refractivity (Wildman–Crippen MR) is 121 cm³/mol. The van der Waals surface area contributed by atoms with E-state index in [9.17, 15) is 19.7 Å². The number of nitro groups is 1. The topological polar surface area (TPSA) is 149 Å². The van der Waals surface area contributed by atoms with Crippen LogP contribution >= 0.6 is 0 Å². The summed E-state index contributed by atoms with van der Waals surface area (Å²) in [5.41, 5.74) is 0.391. The maximum atomic E-state index is 12.2. The van der Waals surface area contributed by atoms with Crippen LogP contribution in [0.2, 0.25) is 0 Å². The van der Waals surface area contributed by atoms with Crippen molar-refractivity contribution in [2.24, 2.45) is 0 Å². The third-order valence-corrected chi connectivity index (χ3v) is 4.78. The van der Waals surface area contributed by atoms with Crippen molar-refractivity contribution in [1.29, 1.82) is 0 Å². The van der Waals surface area contributed by atoms with Crippen molar-refractivity contribution >= 4 is 28.3 Å². The summed E-state index contributed by atoms with van der Waals surface area (Å²) in [4.78, 5) is 38.3. The van der Waals surface area contributed by atoms with Crippen LogP contribution in [0.15, 0.2) is 71.3 Å². The summed E-state index contributed by atoms with van der Waals surface area (Å²) < 4.78 is 10.5. The molecule has 1 heterocycles. The first-order valence-corrected chi connectivity index (χ1v) is 10.2. The van der Waals surface area contributed by atoms with Crippen molar-refractivity contribution in [3.05, 3.63) is 82.7 Å². The molecule has 0 aliphatic rings. The second-order valence-corrected chi connectivity index (χ2v) is 7.13. The van der Waals surface area contributed by atoms with E-state index in [1.165, 1.54) is 24.3 Å². The van der Waals surface area contributed by atoms with E-state index in [4.69, 9.17) is 9.26 Å². The number of nitro benzene ring substituents is 1. The average Bonchev–Trinajstić information content (AvgIpc) is 3.36. The minimum atomic E-state index is -0.609. The molecule has 0 unspecified atom stereocenters. The fourth-order valence-corrected chi connectivity index (χ4v) is 3.08. The maximum Gasteiger partial charge on any atom is 0.316 e. The molecule has 4 aromatic rings. The molecule has 4 rings (SSSR count). The van der Waals surface area contributed by atoms with Crippen LogP contribution in [0.4, 0.5) is 5.69 Å². The highest BCUT2D eigenvalue weighted by atomic mass is 16.6. The van der Waals surface area contributed by atoms with E-state index in [1.54, 1.807) is 6.07 Å². The number of nitrogens with one attached hydrogen (secondary N) is 2. The number of ether oxygens (including phenoxy) is 1. The quantitative estimate of drug-likeness (QED) is 0.219. The monoisotopic (exact) mass is 461 g/mol. The Morgan fingerprint density at radius 3 is 2.47 bits per heavy atom. The third-order valence-electron chi connectivity index (χ3n) is 4.78. The van der Waals surface area contributed by atoms with Crippen molar-refractivity contribution in [2.45, 2.75) is 0 Å². The van der Waals surface area contributed by atoms with E-state index in [-0.39, 0.29) is 43.0 Å². The van der Waals surface area contributed by atoms with Crippen molar-refractivity contribution in [3.8, 4) is 17.1 Å². The number of hydrogen-bond acceptors (Lipinski definition) is 8. The van der Waals surface area contributed by atoms with Gasteiger partial charge in [-0.25, -0.2) is 0 Å². The molecule has 0 aliphatic carbocycles. The minimum Gasteiger partial charge on any atom is -0.484 e. The highest BCUT2D eigenvalue weighted by Crippen LogP contribution is 2.21. The molecule has 34 heavy (non-hydrogen) atoms. The Labute approximate surface area is 192 Å². The first-order valence-electron chi connectivity index (χ1n) is 10.2. The van der Waals surface area contributed by atoms with E-state index >= 15 is 0 Å². The maximum absolute atomic E-state index is 12.2. The summed E-state index contributed by atoms with van der Waals surface area (Å²) in [5, 5.41) is 21.7. The molecule has 0 bridgehead atoms. The smallest absolute Gasteiger partial charge is 0.316 e. The third kappa shape index (κ3) is 5.51.